The Morgan fingerprint density at radius 1 is 1.16 bits per heavy atom. The first-order chi connectivity index (χ1) is 14.9. The van der Waals surface area contributed by atoms with E-state index in [0.717, 1.165) is 5.56 Å². The Bertz CT molecular complexity index is 1070. The van der Waals surface area contributed by atoms with E-state index in [1.54, 1.807) is 49.9 Å². The molecule has 1 N–H and O–H groups in total. The van der Waals surface area contributed by atoms with E-state index in [9.17, 15) is 19.7 Å². The van der Waals surface area contributed by atoms with Crippen molar-refractivity contribution in [2.24, 2.45) is 0 Å². The topological polar surface area (TPSA) is 102 Å². The molecule has 0 fully saturated rings. The Kier molecular flexibility index (Phi) is 6.95. The largest absolute Gasteiger partial charge is 0.444 e. The molecule has 0 aromatic heterocycles. The number of carbonyl (C=O) groups is 2. The quantitative estimate of drug-likeness (QED) is 0.486. The van der Waals surface area contributed by atoms with Crippen LogP contribution >= 0.6 is 23.2 Å². The fraction of sp³-hybridized carbons (Fsp3) is 0.364. The van der Waals surface area contributed by atoms with Gasteiger partial charge in [-0.2, -0.15) is 0 Å². The van der Waals surface area contributed by atoms with Crippen LogP contribution in [0, 0.1) is 10.1 Å². The van der Waals surface area contributed by atoms with Crippen molar-refractivity contribution in [3.63, 3.8) is 0 Å². The molecule has 0 spiro atoms. The summed E-state index contributed by atoms with van der Waals surface area (Å²) in [5.74, 6) is -0.347. The fourth-order valence-electron chi connectivity index (χ4n) is 3.43. The minimum Gasteiger partial charge on any atom is -0.444 e. The summed E-state index contributed by atoms with van der Waals surface area (Å²) in [4.78, 5) is 37.9. The maximum atomic E-state index is 13.4. The van der Waals surface area contributed by atoms with Crippen LogP contribution in [0.25, 0.3) is 0 Å². The Morgan fingerprint density at radius 2 is 1.84 bits per heavy atom. The zero-order valence-corrected chi connectivity index (χ0v) is 19.4. The molecule has 2 amide bonds. The van der Waals surface area contributed by atoms with Crippen molar-refractivity contribution in [3.05, 3.63) is 73.2 Å². The van der Waals surface area contributed by atoms with Crippen molar-refractivity contribution in [2.45, 2.75) is 51.9 Å². The highest BCUT2D eigenvalue weighted by Crippen LogP contribution is 2.28. The highest BCUT2D eigenvalue weighted by molar-refractivity contribution is 6.35. The van der Waals surface area contributed by atoms with Crippen LogP contribution in [-0.2, 0) is 29.0 Å². The number of halogens is 2. The second-order valence-electron chi connectivity index (χ2n) is 8.54. The van der Waals surface area contributed by atoms with Crippen molar-refractivity contribution in [1.29, 1.82) is 0 Å². The third-order valence-electron chi connectivity index (χ3n) is 4.86. The van der Waals surface area contributed by atoms with Gasteiger partial charge in [-0.25, -0.2) is 4.79 Å². The van der Waals surface area contributed by atoms with Gasteiger partial charge in [-0.05, 0) is 49.6 Å². The molecule has 0 saturated carbocycles. The van der Waals surface area contributed by atoms with E-state index in [1.807, 2.05) is 0 Å². The number of nitrogens with one attached hydrogen (secondary N) is 1. The van der Waals surface area contributed by atoms with Gasteiger partial charge in [0.1, 0.15) is 11.6 Å². The summed E-state index contributed by atoms with van der Waals surface area (Å²) in [5.41, 5.74) is 1.39. The van der Waals surface area contributed by atoms with E-state index >= 15 is 0 Å². The van der Waals surface area contributed by atoms with Crippen molar-refractivity contribution >= 4 is 40.9 Å². The number of nitrogens with zero attached hydrogens (tertiary/aromatic N) is 2. The second-order valence-corrected chi connectivity index (χ2v) is 9.39. The number of hydrogen-bond donors (Lipinski definition) is 1. The number of carbonyl (C=O) groups excluding carboxylic acids is 2. The van der Waals surface area contributed by atoms with Crippen LogP contribution in [-0.4, -0.2) is 33.5 Å². The zero-order chi connectivity index (χ0) is 23.6. The summed E-state index contributed by atoms with van der Waals surface area (Å²) >= 11 is 12.2. The molecule has 2 aromatic rings. The number of fused-ring (bicyclic) bond motifs is 1. The Hall–Kier alpha value is -2.84. The first-order valence-electron chi connectivity index (χ1n) is 9.91. The third kappa shape index (κ3) is 5.89. The van der Waals surface area contributed by atoms with Gasteiger partial charge < -0.3 is 15.0 Å². The number of non-ortho nitro benzene ring substituents is 1. The minimum absolute atomic E-state index is 0.0329. The molecule has 0 radical (unpaired) electrons. The summed E-state index contributed by atoms with van der Waals surface area (Å²) in [6.07, 6.45) is -0.602. The summed E-state index contributed by atoms with van der Waals surface area (Å²) in [7, 11) is 0. The van der Waals surface area contributed by atoms with Gasteiger partial charge in [0.2, 0.25) is 5.91 Å². The number of amides is 2. The summed E-state index contributed by atoms with van der Waals surface area (Å²) in [5, 5.41) is 14.5. The van der Waals surface area contributed by atoms with E-state index in [1.165, 1.54) is 12.1 Å². The lowest BCUT2D eigenvalue weighted by Gasteiger charge is -2.26. The van der Waals surface area contributed by atoms with Gasteiger partial charge in [0.15, 0.2) is 0 Å². The van der Waals surface area contributed by atoms with Crippen LogP contribution in [0.2, 0.25) is 10.0 Å². The van der Waals surface area contributed by atoms with Gasteiger partial charge in [0.05, 0.1) is 4.92 Å². The van der Waals surface area contributed by atoms with Gasteiger partial charge in [0.25, 0.3) is 5.69 Å². The molecule has 0 saturated heterocycles. The number of nitro groups is 1. The highest BCUT2D eigenvalue weighted by atomic mass is 35.5. The maximum absolute atomic E-state index is 13.4. The fourth-order valence-corrected chi connectivity index (χ4v) is 3.91. The summed E-state index contributed by atoms with van der Waals surface area (Å²) in [6.45, 7) is 5.67. The van der Waals surface area contributed by atoms with Crippen molar-refractivity contribution < 1.29 is 19.2 Å². The van der Waals surface area contributed by atoms with Gasteiger partial charge in [-0.1, -0.05) is 35.3 Å². The molecular weight excluding hydrogens is 457 g/mol. The van der Waals surface area contributed by atoms with E-state index in [-0.39, 0.29) is 31.1 Å². The van der Waals surface area contributed by atoms with Crippen LogP contribution < -0.4 is 5.32 Å². The molecular formula is C22H23Cl2N3O5. The van der Waals surface area contributed by atoms with Crippen LogP contribution in [0.1, 0.15) is 37.5 Å². The summed E-state index contributed by atoms with van der Waals surface area (Å²) in [6, 6.07) is 8.50. The standard InChI is InChI=1S/C22H23Cl2N3O5/c1-22(2,3)32-21(29)25-19(9-13-4-6-16(23)10-18(13)24)20(28)26-11-14-5-7-17(27(30)31)8-15(14)12-26/h4-8,10,19H,9,11-12H2,1-3H3,(H,25,29). The molecule has 170 valence electrons. The van der Waals surface area contributed by atoms with E-state index < -0.39 is 22.7 Å². The van der Waals surface area contributed by atoms with Gasteiger partial charge in [-0.3, -0.25) is 14.9 Å². The lowest BCUT2D eigenvalue weighted by molar-refractivity contribution is -0.384. The molecule has 2 aromatic carbocycles. The molecule has 1 unspecified atom stereocenters. The molecule has 1 atom stereocenters. The molecule has 1 heterocycles. The summed E-state index contributed by atoms with van der Waals surface area (Å²) < 4.78 is 5.32. The molecule has 32 heavy (non-hydrogen) atoms. The van der Waals surface area contributed by atoms with Crippen molar-refractivity contribution in [3.8, 4) is 0 Å². The normalized spacial score (nSPS) is 14.0. The van der Waals surface area contributed by atoms with Crippen LogP contribution in [0.15, 0.2) is 36.4 Å². The van der Waals surface area contributed by atoms with Crippen LogP contribution in [0.3, 0.4) is 0 Å². The van der Waals surface area contributed by atoms with Crippen molar-refractivity contribution in [1.82, 2.24) is 10.2 Å². The molecule has 1 aliphatic rings. The second kappa shape index (κ2) is 9.34. The van der Waals surface area contributed by atoms with Crippen LogP contribution in [0.4, 0.5) is 10.5 Å². The highest BCUT2D eigenvalue weighted by Gasteiger charge is 2.32. The first kappa shape index (κ1) is 23.8. The SMILES string of the molecule is CC(C)(C)OC(=O)NC(Cc1ccc(Cl)cc1Cl)C(=O)N1Cc2ccc([N+](=O)[O-])cc2C1. The number of ether oxygens (including phenoxy) is 1. The average Bonchev–Trinajstić information content (AvgIpc) is 3.10. The monoisotopic (exact) mass is 479 g/mol. The minimum atomic E-state index is -0.951. The van der Waals surface area contributed by atoms with E-state index in [2.05, 4.69) is 5.32 Å². The number of alkyl carbamates (subject to hydrolysis) is 1. The predicted octanol–water partition coefficient (Wildman–Crippen LogP) is 4.88. The van der Waals surface area contributed by atoms with Crippen molar-refractivity contribution in [2.75, 3.05) is 0 Å². The Balaban J connectivity index is 1.82. The van der Waals surface area contributed by atoms with E-state index in [0.29, 0.717) is 21.2 Å². The lowest BCUT2D eigenvalue weighted by atomic mass is 10.0. The zero-order valence-electron chi connectivity index (χ0n) is 17.9. The number of benzene rings is 2. The molecule has 10 heteroatoms. The van der Waals surface area contributed by atoms with Crippen LogP contribution in [0.5, 0.6) is 0 Å². The number of rotatable bonds is 5. The van der Waals surface area contributed by atoms with E-state index in [4.69, 9.17) is 27.9 Å². The molecule has 1 aliphatic heterocycles. The molecule has 0 bridgehead atoms. The smallest absolute Gasteiger partial charge is 0.408 e. The third-order valence-corrected chi connectivity index (χ3v) is 5.45. The molecule has 3 rings (SSSR count). The van der Waals surface area contributed by atoms with Gasteiger partial charge in [-0.15, -0.1) is 0 Å². The van der Waals surface area contributed by atoms with Gasteiger partial charge >= 0.3 is 6.09 Å². The lowest BCUT2D eigenvalue weighted by Crippen LogP contribution is -2.49. The predicted molar refractivity (Wildman–Crippen MR) is 121 cm³/mol. The number of nitro benzene ring substituents is 1. The van der Waals surface area contributed by atoms with Gasteiger partial charge in [0, 0.05) is 41.7 Å². The molecule has 8 nitrogen and oxygen atoms in total. The maximum Gasteiger partial charge on any atom is 0.408 e. The molecule has 0 aliphatic carbocycles. The first-order valence-corrected chi connectivity index (χ1v) is 10.7. The Labute approximate surface area is 195 Å². The average molecular weight is 480 g/mol. The Morgan fingerprint density at radius 3 is 2.47 bits per heavy atom. The number of hydrogen-bond acceptors (Lipinski definition) is 5.